The van der Waals surface area contributed by atoms with Gasteiger partial charge in [0.05, 0.1) is 19.9 Å². The maximum absolute atomic E-state index is 7.89. The minimum absolute atomic E-state index is 0.0173. The van der Waals surface area contributed by atoms with E-state index < -0.39 is 0 Å². The second-order valence-electron chi connectivity index (χ2n) is 6.80. The summed E-state index contributed by atoms with van der Waals surface area (Å²) in [5.41, 5.74) is 4.60. The fourth-order valence-corrected chi connectivity index (χ4v) is 3.14. The highest BCUT2D eigenvalue weighted by Gasteiger charge is 2.17. The maximum Gasteiger partial charge on any atom is 0.256 e. The highest BCUT2D eigenvalue weighted by molar-refractivity contribution is 6.19. The molecule has 6 N–H and O–H groups in total. The van der Waals surface area contributed by atoms with Crippen LogP contribution in [0.3, 0.4) is 0 Å². The van der Waals surface area contributed by atoms with E-state index in [9.17, 15) is 0 Å². The van der Waals surface area contributed by atoms with Crippen molar-refractivity contribution in [3.8, 4) is 5.88 Å². The van der Waals surface area contributed by atoms with Crippen LogP contribution in [0.15, 0.2) is 52.4 Å². The molecule has 0 unspecified atom stereocenters. The molecule has 3 aromatic heterocycles. The number of methoxy groups -OCH3 is 2. The number of nitrogens with zero attached hydrogens (tertiary/aromatic N) is 5. The van der Waals surface area contributed by atoms with E-state index in [1.807, 2.05) is 6.92 Å². The van der Waals surface area contributed by atoms with E-state index in [1.165, 1.54) is 20.5 Å². The molecule has 0 spiro atoms. The third-order valence-corrected chi connectivity index (χ3v) is 4.67. The van der Waals surface area contributed by atoms with Gasteiger partial charge in [-0.25, -0.2) is 9.97 Å². The Balaban J connectivity index is 1.98. The number of aliphatic imine (C=N–C) groups is 2. The molecule has 34 heavy (non-hydrogen) atoms. The Bertz CT molecular complexity index is 1250. The number of H-pyrrole nitrogens is 2. The summed E-state index contributed by atoms with van der Waals surface area (Å²) in [5.74, 6) is 0.941. The third kappa shape index (κ3) is 5.20. The van der Waals surface area contributed by atoms with E-state index >= 15 is 0 Å². The van der Waals surface area contributed by atoms with Crippen LogP contribution in [0.25, 0.3) is 11.0 Å². The lowest BCUT2D eigenvalue weighted by Crippen LogP contribution is -2.24. The minimum Gasteiger partial charge on any atom is -0.480 e. The average molecular weight is 466 g/mol. The van der Waals surface area contributed by atoms with Crippen LogP contribution in [-0.2, 0) is 4.74 Å². The second-order valence-corrected chi connectivity index (χ2v) is 6.80. The molecule has 0 fully saturated rings. The molecule has 0 aromatic carbocycles. The van der Waals surface area contributed by atoms with Crippen LogP contribution < -0.4 is 20.7 Å². The van der Waals surface area contributed by atoms with Crippen molar-refractivity contribution >= 4 is 40.9 Å². The van der Waals surface area contributed by atoms with E-state index in [2.05, 4.69) is 52.8 Å². The Morgan fingerprint density at radius 1 is 1.29 bits per heavy atom. The summed E-state index contributed by atoms with van der Waals surface area (Å²) in [4.78, 5) is 20.6. The standard InChI is InChI=1S/C21H27N11O2/c1-12(6-23-2)16(27-10-26-14(8-24-3)19(22)33-4)13-7-25-18-17(13)28-11-29-20(18)31-15-9-30-32-21(15)34-5/h6-9,11,22,24-26H,2,10H2,1,3-5H3,(H,30,32)(H,28,29,31)/b12-6-,14-8+,22-19?,27-16+. The van der Waals surface area contributed by atoms with Crippen molar-refractivity contribution in [3.63, 3.8) is 0 Å². The first-order valence-corrected chi connectivity index (χ1v) is 10.1. The van der Waals surface area contributed by atoms with E-state index in [0.29, 0.717) is 39.8 Å². The molecule has 0 atom stereocenters. The SMILES string of the molecule is C=N/C=C(C)\C(=N/CN/C(=C/NC)C(=N)OC)c1c[nH]c2c(Nc3c[nH]nc3OC)ncnc12. The molecule has 13 nitrogen and oxygen atoms in total. The Morgan fingerprint density at radius 3 is 2.82 bits per heavy atom. The first kappa shape index (κ1) is 24.0. The topological polar surface area (TPSA) is 173 Å². The quantitative estimate of drug-likeness (QED) is 0.184. The number of ether oxygens (including phenoxy) is 2. The van der Waals surface area contributed by atoms with E-state index in [-0.39, 0.29) is 12.6 Å². The normalized spacial score (nSPS) is 12.4. The zero-order valence-electron chi connectivity index (χ0n) is 19.4. The van der Waals surface area contributed by atoms with Crippen molar-refractivity contribution in [2.45, 2.75) is 6.92 Å². The number of anilines is 2. The summed E-state index contributed by atoms with van der Waals surface area (Å²) in [6, 6.07) is 0. The van der Waals surface area contributed by atoms with Crippen LogP contribution in [0, 0.1) is 5.41 Å². The van der Waals surface area contributed by atoms with Crippen molar-refractivity contribution in [2.24, 2.45) is 9.98 Å². The van der Waals surface area contributed by atoms with E-state index in [0.717, 1.165) is 11.1 Å². The molecule has 3 heterocycles. The minimum atomic E-state index is -0.0173. The first-order chi connectivity index (χ1) is 16.5. The number of fused-ring (bicyclic) bond motifs is 1. The Hall–Kier alpha value is -4.68. The first-order valence-electron chi connectivity index (χ1n) is 10.1. The summed E-state index contributed by atoms with van der Waals surface area (Å²) < 4.78 is 10.2. The number of aromatic nitrogens is 5. The lowest BCUT2D eigenvalue weighted by atomic mass is 10.1. The van der Waals surface area contributed by atoms with Gasteiger partial charge in [-0.2, -0.15) is 0 Å². The molecule has 0 radical (unpaired) electrons. The Labute approximate surface area is 196 Å². The number of nitrogens with one attached hydrogen (secondary N) is 6. The number of hydrogen-bond donors (Lipinski definition) is 6. The molecule has 0 aliphatic carbocycles. The summed E-state index contributed by atoms with van der Waals surface area (Å²) in [5, 5.41) is 23.8. The fraction of sp³-hybridized carbons (Fsp3) is 0.238. The monoisotopic (exact) mass is 465 g/mol. The molecular formula is C21H27N11O2. The fourth-order valence-electron chi connectivity index (χ4n) is 3.14. The van der Waals surface area contributed by atoms with Gasteiger partial charge in [0, 0.05) is 37.4 Å². The van der Waals surface area contributed by atoms with Gasteiger partial charge >= 0.3 is 0 Å². The summed E-state index contributed by atoms with van der Waals surface area (Å²) >= 11 is 0. The zero-order chi connectivity index (χ0) is 24.5. The number of allylic oxidation sites excluding steroid dienone is 1. The predicted molar refractivity (Wildman–Crippen MR) is 132 cm³/mol. The predicted octanol–water partition coefficient (Wildman–Crippen LogP) is 2.06. The van der Waals surface area contributed by atoms with Gasteiger partial charge in [0.2, 0.25) is 5.90 Å². The number of hydrogen-bond acceptors (Lipinski definition) is 11. The third-order valence-electron chi connectivity index (χ3n) is 4.67. The second kappa shape index (κ2) is 11.3. The lowest BCUT2D eigenvalue weighted by molar-refractivity contribution is 0.396. The molecule has 0 bridgehead atoms. The number of rotatable bonds is 11. The van der Waals surface area contributed by atoms with E-state index in [1.54, 1.807) is 31.8 Å². The van der Waals surface area contributed by atoms with Crippen LogP contribution in [-0.4, -0.2) is 71.4 Å². The van der Waals surface area contributed by atoms with Gasteiger partial charge in [-0.15, -0.1) is 5.10 Å². The summed E-state index contributed by atoms with van der Waals surface area (Å²) in [6.45, 7) is 5.59. The molecule has 3 rings (SSSR count). The van der Waals surface area contributed by atoms with Crippen LogP contribution >= 0.6 is 0 Å². The van der Waals surface area contributed by atoms with Crippen molar-refractivity contribution in [3.05, 3.63) is 48.0 Å². The van der Waals surface area contributed by atoms with Crippen molar-refractivity contribution in [2.75, 3.05) is 33.3 Å². The summed E-state index contributed by atoms with van der Waals surface area (Å²) in [6.07, 6.45) is 8.18. The van der Waals surface area contributed by atoms with Gasteiger partial charge in [0.15, 0.2) is 5.82 Å². The molecule has 178 valence electrons. The van der Waals surface area contributed by atoms with Crippen LogP contribution in [0.2, 0.25) is 0 Å². The Kier molecular flexibility index (Phi) is 7.94. The largest absolute Gasteiger partial charge is 0.480 e. The van der Waals surface area contributed by atoms with Crippen molar-refractivity contribution in [1.29, 1.82) is 5.41 Å². The smallest absolute Gasteiger partial charge is 0.256 e. The van der Waals surface area contributed by atoms with Gasteiger partial charge in [-0.3, -0.25) is 20.5 Å². The maximum atomic E-state index is 7.89. The van der Waals surface area contributed by atoms with Gasteiger partial charge in [-0.05, 0) is 19.2 Å². The molecule has 0 aliphatic heterocycles. The molecule has 13 heteroatoms. The van der Waals surface area contributed by atoms with E-state index in [4.69, 9.17) is 19.9 Å². The average Bonchev–Trinajstić information content (AvgIpc) is 3.48. The van der Waals surface area contributed by atoms with Gasteiger partial charge in [0.1, 0.15) is 35.4 Å². The van der Waals surface area contributed by atoms with Gasteiger partial charge in [-0.1, -0.05) is 0 Å². The Morgan fingerprint density at radius 2 is 2.12 bits per heavy atom. The molecule has 0 saturated carbocycles. The molecule has 0 amide bonds. The van der Waals surface area contributed by atoms with Gasteiger partial charge < -0.3 is 30.4 Å². The molecule has 0 aliphatic rings. The lowest BCUT2D eigenvalue weighted by Gasteiger charge is -2.11. The van der Waals surface area contributed by atoms with Crippen LogP contribution in [0.1, 0.15) is 12.5 Å². The molecule has 0 saturated heterocycles. The zero-order valence-corrected chi connectivity index (χ0v) is 19.4. The highest BCUT2D eigenvalue weighted by atomic mass is 16.5. The highest BCUT2D eigenvalue weighted by Crippen LogP contribution is 2.29. The molecular weight excluding hydrogens is 438 g/mol. The number of aromatic amines is 2. The van der Waals surface area contributed by atoms with Crippen molar-refractivity contribution < 1.29 is 9.47 Å². The molecule has 3 aromatic rings. The van der Waals surface area contributed by atoms with Crippen LogP contribution in [0.4, 0.5) is 11.5 Å². The van der Waals surface area contributed by atoms with Gasteiger partial charge in [0.25, 0.3) is 5.88 Å². The van der Waals surface area contributed by atoms with Crippen LogP contribution in [0.5, 0.6) is 5.88 Å². The summed E-state index contributed by atoms with van der Waals surface area (Å²) in [7, 11) is 4.70. The van der Waals surface area contributed by atoms with Crippen molar-refractivity contribution in [1.82, 2.24) is 35.8 Å².